The molecule has 0 radical (unpaired) electrons. The van der Waals surface area contributed by atoms with Crippen LogP contribution in [-0.2, 0) is 18.9 Å². The number of pyridine rings is 1. The zero-order chi connectivity index (χ0) is 31.0. The number of ether oxygens (including phenoxy) is 1. The molecule has 4 atom stereocenters. The Labute approximate surface area is 252 Å². The van der Waals surface area contributed by atoms with Gasteiger partial charge >= 0.3 is 7.60 Å². The van der Waals surface area contributed by atoms with Crippen molar-refractivity contribution >= 4 is 41.9 Å². The first-order chi connectivity index (χ1) is 21.1. The summed E-state index contributed by atoms with van der Waals surface area (Å²) in [4.78, 5) is 69.6. The van der Waals surface area contributed by atoms with Crippen LogP contribution in [0.2, 0.25) is 0 Å². The Kier molecular flexibility index (Phi) is 8.38. The zero-order valence-electron chi connectivity index (χ0n) is 23.8. The summed E-state index contributed by atoms with van der Waals surface area (Å²) in [6.07, 6.45) is 2.80. The molecule has 3 fully saturated rings. The molecule has 3 aliphatic heterocycles. The van der Waals surface area contributed by atoms with Gasteiger partial charge < -0.3 is 34.5 Å². The highest BCUT2D eigenvalue weighted by atomic mass is 31.2. The van der Waals surface area contributed by atoms with Crippen LogP contribution in [0.4, 0.5) is 10.2 Å². The molecule has 0 spiro atoms. The second-order valence-corrected chi connectivity index (χ2v) is 12.9. The molecule has 0 aliphatic carbocycles. The molecule has 3 amide bonds. The Morgan fingerprint density at radius 2 is 1.80 bits per heavy atom. The summed E-state index contributed by atoms with van der Waals surface area (Å²) in [6, 6.07) is 12.4. The SMILES string of the molecule is O=C(N[C@H]1CN(c2ccccn2)C[C@H]2CC[C@@H](C(=O)N3CCOCC3)N2C1=O)c1ccc2ccc(C(F)P(=O)(O)O)cc2c1. The summed E-state index contributed by atoms with van der Waals surface area (Å²) in [5.74, 6) is -2.87. The lowest BCUT2D eigenvalue weighted by molar-refractivity contribution is -0.148. The second-order valence-electron chi connectivity index (χ2n) is 11.3. The molecule has 44 heavy (non-hydrogen) atoms. The molecule has 14 heteroatoms. The Morgan fingerprint density at radius 1 is 1.02 bits per heavy atom. The Hall–Kier alpha value is -3.90. The minimum Gasteiger partial charge on any atom is -0.378 e. The van der Waals surface area contributed by atoms with Crippen LogP contribution in [0, 0.1) is 0 Å². The fourth-order valence-corrected chi connectivity index (χ4v) is 6.81. The standard InChI is InChI=1S/C30H33FN5O7P/c31-27(44(40,41)42)20-6-4-19-5-7-21(16-22(19)15-20)28(37)33-24-18-35(26-3-1-2-10-32-26)17-23-8-9-25(36(23)29(24)38)30(39)34-11-13-43-14-12-34/h1-7,10,15-16,23-25,27H,8-9,11-14,17-18H2,(H,33,37)(H2,40,41,42)/t23-,24+,25+,27?/m1/s1. The van der Waals surface area contributed by atoms with E-state index in [-0.39, 0.29) is 35.5 Å². The van der Waals surface area contributed by atoms with Crippen LogP contribution in [0.3, 0.4) is 0 Å². The van der Waals surface area contributed by atoms with Crippen molar-refractivity contribution < 1.29 is 37.9 Å². The number of hydrogen-bond donors (Lipinski definition) is 3. The smallest absolute Gasteiger partial charge is 0.363 e. The number of carbonyl (C=O) groups excluding carboxylic acids is 3. The fourth-order valence-electron chi connectivity index (χ4n) is 6.27. The van der Waals surface area contributed by atoms with Crippen LogP contribution in [-0.4, -0.2) is 99.8 Å². The number of aromatic nitrogens is 1. The predicted octanol–water partition coefficient (Wildman–Crippen LogP) is 2.22. The number of rotatable bonds is 6. The number of benzene rings is 2. The maximum Gasteiger partial charge on any atom is 0.363 e. The molecule has 1 unspecified atom stereocenters. The van der Waals surface area contributed by atoms with Crippen molar-refractivity contribution in [2.75, 3.05) is 44.3 Å². The van der Waals surface area contributed by atoms with Crippen molar-refractivity contribution in [2.45, 2.75) is 36.9 Å². The number of nitrogens with zero attached hydrogens (tertiary/aromatic N) is 4. The molecular weight excluding hydrogens is 592 g/mol. The molecule has 12 nitrogen and oxygen atoms in total. The molecule has 1 aromatic heterocycles. The van der Waals surface area contributed by atoms with Crippen molar-refractivity contribution in [3.63, 3.8) is 0 Å². The first-order valence-corrected chi connectivity index (χ1v) is 16.2. The first kappa shape index (κ1) is 30.1. The lowest BCUT2D eigenvalue weighted by atomic mass is 10.0. The summed E-state index contributed by atoms with van der Waals surface area (Å²) in [7, 11) is -5.02. The van der Waals surface area contributed by atoms with Crippen LogP contribution in [0.5, 0.6) is 0 Å². The largest absolute Gasteiger partial charge is 0.378 e. The van der Waals surface area contributed by atoms with Gasteiger partial charge in [0.05, 0.1) is 19.3 Å². The molecule has 3 aliphatic rings. The third kappa shape index (κ3) is 6.05. The predicted molar refractivity (Wildman–Crippen MR) is 159 cm³/mol. The van der Waals surface area contributed by atoms with Gasteiger partial charge in [-0.15, -0.1) is 0 Å². The minimum absolute atomic E-state index is 0.118. The van der Waals surface area contributed by atoms with Crippen molar-refractivity contribution in [3.05, 3.63) is 71.9 Å². The van der Waals surface area contributed by atoms with E-state index in [1.165, 1.54) is 24.3 Å². The van der Waals surface area contributed by atoms with Gasteiger partial charge in [-0.3, -0.25) is 18.9 Å². The number of nitrogens with one attached hydrogen (secondary N) is 1. The third-order valence-corrected chi connectivity index (χ3v) is 9.36. The van der Waals surface area contributed by atoms with Gasteiger partial charge in [-0.2, -0.15) is 0 Å². The Morgan fingerprint density at radius 3 is 2.52 bits per heavy atom. The van der Waals surface area contributed by atoms with Gasteiger partial charge in [0.25, 0.3) is 5.91 Å². The highest BCUT2D eigenvalue weighted by Crippen LogP contribution is 2.52. The van der Waals surface area contributed by atoms with Gasteiger partial charge in [0.15, 0.2) is 0 Å². The number of halogens is 1. The van der Waals surface area contributed by atoms with E-state index in [9.17, 15) is 33.1 Å². The summed E-state index contributed by atoms with van der Waals surface area (Å²) in [5.41, 5.74) is -0.0222. The van der Waals surface area contributed by atoms with E-state index in [4.69, 9.17) is 4.74 Å². The molecule has 232 valence electrons. The average molecular weight is 626 g/mol. The molecule has 6 rings (SSSR count). The van der Waals surface area contributed by atoms with E-state index in [1.807, 2.05) is 17.0 Å². The van der Waals surface area contributed by atoms with E-state index in [0.717, 1.165) is 0 Å². The van der Waals surface area contributed by atoms with Crippen molar-refractivity contribution in [2.24, 2.45) is 0 Å². The number of fused-ring (bicyclic) bond motifs is 2. The van der Waals surface area contributed by atoms with Crippen LogP contribution in [0.15, 0.2) is 60.8 Å². The van der Waals surface area contributed by atoms with Gasteiger partial charge in [-0.25, -0.2) is 9.37 Å². The lowest BCUT2D eigenvalue weighted by Crippen LogP contribution is -2.57. The molecule has 0 bridgehead atoms. The quantitative estimate of drug-likeness (QED) is 0.350. The minimum atomic E-state index is -5.02. The second kappa shape index (κ2) is 12.2. The number of amides is 3. The summed E-state index contributed by atoms with van der Waals surface area (Å²) in [5, 5.41) is 3.90. The van der Waals surface area contributed by atoms with Crippen LogP contribution >= 0.6 is 7.60 Å². The van der Waals surface area contributed by atoms with Crippen LogP contribution in [0.1, 0.15) is 34.7 Å². The van der Waals surface area contributed by atoms with Gasteiger partial charge in [-0.05, 0) is 59.5 Å². The lowest BCUT2D eigenvalue weighted by Gasteiger charge is -2.35. The first-order valence-electron chi connectivity index (χ1n) is 14.5. The fraction of sp³-hybridized carbons (Fsp3) is 0.400. The van der Waals surface area contributed by atoms with E-state index in [1.54, 1.807) is 34.2 Å². The molecule has 3 N–H and O–H groups in total. The Bertz CT molecular complexity index is 1620. The molecule has 2 aromatic carbocycles. The van der Waals surface area contributed by atoms with Crippen LogP contribution in [0.25, 0.3) is 10.8 Å². The van der Waals surface area contributed by atoms with Crippen molar-refractivity contribution in [1.29, 1.82) is 0 Å². The summed E-state index contributed by atoms with van der Waals surface area (Å²) >= 11 is 0. The maximum atomic E-state index is 14.4. The van der Waals surface area contributed by atoms with Crippen LogP contribution < -0.4 is 10.2 Å². The number of morpholine rings is 1. The molecular formula is C30H33FN5O7P. The van der Waals surface area contributed by atoms with E-state index < -0.39 is 31.5 Å². The maximum absolute atomic E-state index is 14.4. The monoisotopic (exact) mass is 625 g/mol. The number of alkyl halides is 1. The van der Waals surface area contributed by atoms with Gasteiger partial charge in [0.2, 0.25) is 17.7 Å². The molecule has 4 heterocycles. The topological polar surface area (TPSA) is 153 Å². The Balaban J connectivity index is 1.28. The molecule has 3 saturated heterocycles. The van der Waals surface area contributed by atoms with Gasteiger partial charge in [0.1, 0.15) is 17.9 Å². The van der Waals surface area contributed by atoms with Crippen molar-refractivity contribution in [3.8, 4) is 0 Å². The molecule has 3 aromatic rings. The normalized spacial score (nSPS) is 23.3. The number of carbonyl (C=O) groups is 3. The average Bonchev–Trinajstić information content (AvgIpc) is 3.40. The van der Waals surface area contributed by atoms with E-state index >= 15 is 0 Å². The third-order valence-electron chi connectivity index (χ3n) is 8.47. The van der Waals surface area contributed by atoms with E-state index in [2.05, 4.69) is 10.3 Å². The zero-order valence-corrected chi connectivity index (χ0v) is 24.7. The van der Waals surface area contributed by atoms with Gasteiger partial charge in [0, 0.05) is 37.9 Å². The van der Waals surface area contributed by atoms with Gasteiger partial charge in [-0.1, -0.05) is 24.3 Å². The number of anilines is 1. The summed E-state index contributed by atoms with van der Waals surface area (Å²) in [6.45, 7) is 2.40. The van der Waals surface area contributed by atoms with Crippen molar-refractivity contribution in [1.82, 2.24) is 20.1 Å². The number of hydrogen-bond acceptors (Lipinski definition) is 7. The summed E-state index contributed by atoms with van der Waals surface area (Å²) < 4.78 is 31.2. The highest BCUT2D eigenvalue weighted by Gasteiger charge is 2.47. The van der Waals surface area contributed by atoms with E-state index in [0.29, 0.717) is 62.3 Å². The highest BCUT2D eigenvalue weighted by molar-refractivity contribution is 7.51. The molecule has 0 saturated carbocycles.